The molecule has 1 N–H and O–H groups in total. The summed E-state index contributed by atoms with van der Waals surface area (Å²) in [5.41, 5.74) is 3.30. The topological polar surface area (TPSA) is 63.6 Å². The van der Waals surface area contributed by atoms with Gasteiger partial charge in [0.2, 0.25) is 5.76 Å². The van der Waals surface area contributed by atoms with Crippen molar-refractivity contribution < 1.29 is 19.4 Å². The average Bonchev–Trinajstić information content (AvgIpc) is 3.09. The van der Waals surface area contributed by atoms with E-state index in [0.29, 0.717) is 11.7 Å². The van der Waals surface area contributed by atoms with Gasteiger partial charge in [-0.25, -0.2) is 4.79 Å². The lowest BCUT2D eigenvalue weighted by Gasteiger charge is -2.32. The minimum absolute atomic E-state index is 0.0255. The lowest BCUT2D eigenvalue weighted by Crippen LogP contribution is -2.32. The van der Waals surface area contributed by atoms with Crippen LogP contribution in [0.1, 0.15) is 97.1 Å². The van der Waals surface area contributed by atoms with E-state index in [0.717, 1.165) is 49.7 Å². The van der Waals surface area contributed by atoms with E-state index < -0.39 is 5.97 Å². The molecule has 0 aromatic heterocycles. The van der Waals surface area contributed by atoms with E-state index in [4.69, 9.17) is 4.74 Å². The van der Waals surface area contributed by atoms with Crippen molar-refractivity contribution in [2.24, 2.45) is 16.7 Å². The summed E-state index contributed by atoms with van der Waals surface area (Å²) in [5.74, 6) is 0.278. The van der Waals surface area contributed by atoms with Crippen LogP contribution in [0.15, 0.2) is 30.0 Å². The van der Waals surface area contributed by atoms with Gasteiger partial charge in [0.25, 0.3) is 0 Å². The summed E-state index contributed by atoms with van der Waals surface area (Å²) in [4.78, 5) is 23.0. The first kappa shape index (κ1) is 26.2. The summed E-state index contributed by atoms with van der Waals surface area (Å²) in [5, 5.41) is 9.39. The van der Waals surface area contributed by atoms with Crippen molar-refractivity contribution in [2.75, 3.05) is 7.11 Å². The number of carbonyl (C=O) groups excluding carboxylic acids is 1. The van der Waals surface area contributed by atoms with Crippen LogP contribution in [-0.4, -0.2) is 24.0 Å². The molecule has 2 unspecified atom stereocenters. The Hall–Kier alpha value is -2.10. The maximum absolute atomic E-state index is 11.6. The van der Waals surface area contributed by atoms with E-state index >= 15 is 0 Å². The molecule has 4 heteroatoms. The van der Waals surface area contributed by atoms with Crippen molar-refractivity contribution >= 4 is 17.3 Å². The Morgan fingerprint density at radius 1 is 1.12 bits per heavy atom. The molecule has 2 fully saturated rings. The van der Waals surface area contributed by atoms with Gasteiger partial charge in [-0.2, -0.15) is 0 Å². The Kier molecular flexibility index (Phi) is 9.12. The number of Topliss-reactive ketones (excluding diaryl/α,β-unsaturated/α-hetero) is 1. The fourth-order valence-corrected chi connectivity index (χ4v) is 5.46. The van der Waals surface area contributed by atoms with Crippen LogP contribution in [0.2, 0.25) is 0 Å². The van der Waals surface area contributed by atoms with Crippen molar-refractivity contribution in [1.29, 1.82) is 0 Å². The quantitative estimate of drug-likeness (QED) is 0.252. The first-order valence-corrected chi connectivity index (χ1v) is 12.3. The molecule has 3 rings (SSSR count). The van der Waals surface area contributed by atoms with Gasteiger partial charge in [0.1, 0.15) is 5.78 Å². The third-order valence-electron chi connectivity index (χ3n) is 8.16. The number of allylic oxidation sites excluding steroid dienone is 1. The third kappa shape index (κ3) is 5.27. The number of rotatable bonds is 9. The Labute approximate surface area is 194 Å². The molecule has 0 saturated heterocycles. The summed E-state index contributed by atoms with van der Waals surface area (Å²) in [6, 6.07) is 7.99. The molecule has 2 aliphatic carbocycles. The van der Waals surface area contributed by atoms with Crippen LogP contribution >= 0.6 is 0 Å². The van der Waals surface area contributed by atoms with Crippen LogP contribution in [0, 0.1) is 16.7 Å². The normalized spacial score (nSPS) is 23.9. The number of benzene rings is 1. The summed E-state index contributed by atoms with van der Waals surface area (Å²) < 4.78 is 5.16. The number of fused-ring (bicyclic) bond motifs is 2. The Bertz CT molecular complexity index is 836. The second kappa shape index (κ2) is 11.2. The molecule has 0 spiro atoms. The second-order valence-electron chi connectivity index (χ2n) is 10.1. The van der Waals surface area contributed by atoms with Crippen molar-refractivity contribution in [3.05, 3.63) is 41.2 Å². The average molecular weight is 443 g/mol. The summed E-state index contributed by atoms with van der Waals surface area (Å²) in [7, 11) is 1.43. The zero-order chi connectivity index (χ0) is 23.9. The van der Waals surface area contributed by atoms with Crippen LogP contribution < -0.4 is 0 Å². The van der Waals surface area contributed by atoms with Crippen LogP contribution in [-0.2, 0) is 20.7 Å². The molecule has 2 aliphatic rings. The van der Waals surface area contributed by atoms with Crippen molar-refractivity contribution in [3.63, 3.8) is 0 Å². The molecule has 1 aromatic rings. The number of ketones is 1. The third-order valence-corrected chi connectivity index (χ3v) is 8.16. The number of carboxylic acid groups (broad SMARTS) is 1. The number of carboxylic acids is 1. The number of carbonyl (C=O) groups is 2. The molecule has 0 amide bonds. The largest absolute Gasteiger partial charge is 0.490 e. The van der Waals surface area contributed by atoms with Crippen LogP contribution in [0.3, 0.4) is 0 Å². The fraction of sp³-hybridized carbons (Fsp3) is 0.643. The summed E-state index contributed by atoms with van der Waals surface area (Å²) in [6.45, 7) is 10.9. The minimum Gasteiger partial charge on any atom is -0.490 e. The highest BCUT2D eigenvalue weighted by molar-refractivity contribution is 5.94. The summed E-state index contributed by atoms with van der Waals surface area (Å²) >= 11 is 0. The number of aryl methyl sites for hydroxylation is 1. The van der Waals surface area contributed by atoms with Crippen LogP contribution in [0.5, 0.6) is 0 Å². The molecule has 32 heavy (non-hydrogen) atoms. The SMILES string of the molecule is CC12CCC(CC1=O)C2(C)C.CCCCCCC(=C(OC)C(=O)O)c1ccccc1CC. The zero-order valence-electron chi connectivity index (χ0n) is 20.9. The molecule has 0 radical (unpaired) electrons. The van der Waals surface area contributed by atoms with E-state index in [-0.39, 0.29) is 16.6 Å². The lowest BCUT2D eigenvalue weighted by atomic mass is 9.70. The van der Waals surface area contributed by atoms with Crippen LogP contribution in [0.4, 0.5) is 0 Å². The number of ether oxygens (including phenoxy) is 1. The van der Waals surface area contributed by atoms with Crippen molar-refractivity contribution in [2.45, 2.75) is 92.4 Å². The monoisotopic (exact) mass is 442 g/mol. The van der Waals surface area contributed by atoms with Gasteiger partial charge in [0, 0.05) is 17.4 Å². The van der Waals surface area contributed by atoms with E-state index in [2.05, 4.69) is 40.7 Å². The van der Waals surface area contributed by atoms with Gasteiger partial charge < -0.3 is 9.84 Å². The van der Waals surface area contributed by atoms with Gasteiger partial charge in [0.15, 0.2) is 0 Å². The molecular weight excluding hydrogens is 400 g/mol. The maximum atomic E-state index is 11.6. The highest BCUT2D eigenvalue weighted by Gasteiger charge is 2.61. The summed E-state index contributed by atoms with van der Waals surface area (Å²) in [6.07, 6.45) is 9.32. The fourth-order valence-electron chi connectivity index (χ4n) is 5.46. The van der Waals surface area contributed by atoms with E-state index in [9.17, 15) is 14.7 Å². The zero-order valence-corrected chi connectivity index (χ0v) is 20.9. The molecule has 0 aliphatic heterocycles. The second-order valence-corrected chi connectivity index (χ2v) is 10.1. The molecule has 0 heterocycles. The van der Waals surface area contributed by atoms with Gasteiger partial charge in [-0.3, -0.25) is 4.79 Å². The van der Waals surface area contributed by atoms with Crippen molar-refractivity contribution in [3.8, 4) is 0 Å². The van der Waals surface area contributed by atoms with Gasteiger partial charge in [0.05, 0.1) is 7.11 Å². The maximum Gasteiger partial charge on any atom is 0.371 e. The van der Waals surface area contributed by atoms with Crippen molar-refractivity contribution in [1.82, 2.24) is 0 Å². The lowest BCUT2D eigenvalue weighted by molar-refractivity contribution is -0.136. The highest BCUT2D eigenvalue weighted by Crippen LogP contribution is 2.63. The van der Waals surface area contributed by atoms with Gasteiger partial charge in [-0.05, 0) is 54.6 Å². The molecule has 2 bridgehead atoms. The number of hydrogen-bond donors (Lipinski definition) is 1. The minimum atomic E-state index is -0.992. The Morgan fingerprint density at radius 2 is 1.81 bits per heavy atom. The van der Waals surface area contributed by atoms with E-state index in [1.807, 2.05) is 18.2 Å². The van der Waals surface area contributed by atoms with E-state index in [1.165, 1.54) is 31.9 Å². The molecule has 2 atom stereocenters. The molecule has 2 saturated carbocycles. The molecule has 178 valence electrons. The number of aliphatic carboxylic acids is 1. The van der Waals surface area contributed by atoms with E-state index in [1.54, 1.807) is 0 Å². The van der Waals surface area contributed by atoms with Gasteiger partial charge >= 0.3 is 5.97 Å². The van der Waals surface area contributed by atoms with Gasteiger partial charge in [-0.15, -0.1) is 0 Å². The Balaban J connectivity index is 0.000000273. The first-order chi connectivity index (χ1) is 15.1. The smallest absolute Gasteiger partial charge is 0.371 e. The molecule has 1 aromatic carbocycles. The number of methoxy groups -OCH3 is 1. The number of unbranched alkanes of at least 4 members (excludes halogenated alkanes) is 3. The number of hydrogen-bond acceptors (Lipinski definition) is 3. The van der Waals surface area contributed by atoms with Gasteiger partial charge in [-0.1, -0.05) is 78.1 Å². The predicted octanol–water partition coefficient (Wildman–Crippen LogP) is 7.06. The molecule has 4 nitrogen and oxygen atoms in total. The first-order valence-electron chi connectivity index (χ1n) is 12.3. The standard InChI is InChI=1S/C18H26O3.C10H16O/c1-4-6-7-8-13-16(17(21-3)18(19)20)15-12-10-9-11-14(15)5-2;1-9(2)7-4-5-10(9,3)8(11)6-7/h9-12H,4-8,13H2,1-3H3,(H,19,20);7H,4-6H2,1-3H3. The highest BCUT2D eigenvalue weighted by atomic mass is 16.5. The predicted molar refractivity (Wildman–Crippen MR) is 130 cm³/mol. The Morgan fingerprint density at radius 3 is 2.25 bits per heavy atom. The molecular formula is C28H42O4. The van der Waals surface area contributed by atoms with Crippen LogP contribution in [0.25, 0.3) is 5.57 Å².